The zero-order valence-corrected chi connectivity index (χ0v) is 19.5. The monoisotopic (exact) mass is 470 g/mol. The molecular weight excluding hydrogens is 444 g/mol. The fourth-order valence-electron chi connectivity index (χ4n) is 3.91. The molecule has 2 heterocycles. The Bertz CT molecular complexity index is 1050. The van der Waals surface area contributed by atoms with Crippen LogP contribution in [0.1, 0.15) is 24.4 Å². The molecule has 1 aromatic heterocycles. The Balaban J connectivity index is 1.38. The van der Waals surface area contributed by atoms with Gasteiger partial charge in [0, 0.05) is 36.8 Å². The highest BCUT2D eigenvalue weighted by molar-refractivity contribution is 6.30. The normalized spacial score (nSPS) is 15.8. The van der Waals surface area contributed by atoms with E-state index in [9.17, 15) is 4.79 Å². The van der Waals surface area contributed by atoms with Gasteiger partial charge >= 0.3 is 5.97 Å². The van der Waals surface area contributed by atoms with Crippen LogP contribution in [0.15, 0.2) is 53.1 Å². The van der Waals surface area contributed by atoms with Crippen molar-refractivity contribution in [3.63, 3.8) is 0 Å². The molecule has 0 spiro atoms. The molecule has 9 heteroatoms. The minimum absolute atomic E-state index is 0.240. The van der Waals surface area contributed by atoms with Crippen LogP contribution in [-0.2, 0) is 16.1 Å². The first kappa shape index (κ1) is 23.2. The van der Waals surface area contributed by atoms with Crippen molar-refractivity contribution in [3.8, 4) is 17.2 Å². The number of hydrogen-bond acceptors (Lipinski definition) is 8. The maximum atomic E-state index is 12.7. The quantitative estimate of drug-likeness (QED) is 0.459. The van der Waals surface area contributed by atoms with Crippen LogP contribution in [0.25, 0.3) is 11.5 Å². The van der Waals surface area contributed by atoms with Crippen molar-refractivity contribution in [3.05, 3.63) is 64.9 Å². The van der Waals surface area contributed by atoms with Crippen LogP contribution < -0.4 is 4.74 Å². The van der Waals surface area contributed by atoms with Crippen molar-refractivity contribution >= 4 is 17.6 Å². The Morgan fingerprint density at radius 3 is 2.42 bits per heavy atom. The van der Waals surface area contributed by atoms with Gasteiger partial charge in [0.25, 0.3) is 5.89 Å². The maximum absolute atomic E-state index is 12.7. The number of hydrogen-bond donors (Lipinski definition) is 0. The zero-order chi connectivity index (χ0) is 23.2. The lowest BCUT2D eigenvalue weighted by Crippen LogP contribution is -2.49. The van der Waals surface area contributed by atoms with Crippen LogP contribution in [0.4, 0.5) is 0 Å². The molecule has 0 radical (unpaired) electrons. The van der Waals surface area contributed by atoms with E-state index in [1.54, 1.807) is 19.2 Å². The Kier molecular flexibility index (Phi) is 7.59. The molecule has 4 rings (SSSR count). The van der Waals surface area contributed by atoms with Gasteiger partial charge in [-0.15, -0.1) is 0 Å². The highest BCUT2D eigenvalue weighted by atomic mass is 35.5. The summed E-state index contributed by atoms with van der Waals surface area (Å²) in [5.41, 5.74) is 1.73. The summed E-state index contributed by atoms with van der Waals surface area (Å²) in [6.07, 6.45) is 0. The van der Waals surface area contributed by atoms with E-state index in [1.807, 2.05) is 43.3 Å². The van der Waals surface area contributed by atoms with E-state index in [0.29, 0.717) is 29.9 Å². The second kappa shape index (κ2) is 10.8. The molecule has 0 N–H and O–H groups in total. The number of methoxy groups -OCH3 is 1. The van der Waals surface area contributed by atoms with Gasteiger partial charge in [0.15, 0.2) is 5.82 Å². The number of ether oxygens (including phenoxy) is 2. The van der Waals surface area contributed by atoms with Crippen LogP contribution >= 0.6 is 11.6 Å². The smallest absolute Gasteiger partial charge is 0.328 e. The van der Waals surface area contributed by atoms with Crippen molar-refractivity contribution in [2.24, 2.45) is 0 Å². The molecule has 0 aliphatic carbocycles. The van der Waals surface area contributed by atoms with Crippen molar-refractivity contribution in [1.82, 2.24) is 19.9 Å². The third-order valence-corrected chi connectivity index (χ3v) is 5.89. The van der Waals surface area contributed by atoms with E-state index in [4.69, 9.17) is 25.6 Å². The molecule has 0 unspecified atom stereocenters. The van der Waals surface area contributed by atoms with Crippen molar-refractivity contribution in [1.29, 1.82) is 0 Å². The van der Waals surface area contributed by atoms with E-state index < -0.39 is 6.04 Å². The lowest BCUT2D eigenvalue weighted by molar-refractivity contribution is -0.150. The Morgan fingerprint density at radius 2 is 1.79 bits per heavy atom. The second-order valence-corrected chi connectivity index (χ2v) is 8.20. The number of piperazine rings is 1. The summed E-state index contributed by atoms with van der Waals surface area (Å²) in [5.74, 6) is 1.65. The van der Waals surface area contributed by atoms with Crippen LogP contribution in [-0.4, -0.2) is 65.8 Å². The Labute approximate surface area is 198 Å². The molecule has 0 saturated carbocycles. The van der Waals surface area contributed by atoms with Gasteiger partial charge in [-0.1, -0.05) is 28.9 Å². The van der Waals surface area contributed by atoms with Crippen molar-refractivity contribution in [2.45, 2.75) is 19.5 Å². The third kappa shape index (κ3) is 5.71. The second-order valence-electron chi connectivity index (χ2n) is 7.76. The first-order chi connectivity index (χ1) is 16.1. The van der Waals surface area contributed by atoms with E-state index in [0.717, 1.165) is 43.1 Å². The lowest BCUT2D eigenvalue weighted by Gasteiger charge is -2.38. The van der Waals surface area contributed by atoms with E-state index in [2.05, 4.69) is 19.9 Å². The topological polar surface area (TPSA) is 80.9 Å². The van der Waals surface area contributed by atoms with Gasteiger partial charge in [0.2, 0.25) is 0 Å². The summed E-state index contributed by atoms with van der Waals surface area (Å²) >= 11 is 6.03. The number of carbonyl (C=O) groups is 1. The van der Waals surface area contributed by atoms with Crippen LogP contribution in [0.2, 0.25) is 5.02 Å². The molecular formula is C24H27ClN4O4. The zero-order valence-electron chi connectivity index (χ0n) is 18.7. The van der Waals surface area contributed by atoms with Gasteiger partial charge in [0.05, 0.1) is 20.3 Å². The number of rotatable bonds is 8. The molecule has 1 aliphatic heterocycles. The highest BCUT2D eigenvalue weighted by Crippen LogP contribution is 2.26. The van der Waals surface area contributed by atoms with E-state index in [-0.39, 0.29) is 5.97 Å². The molecule has 1 fully saturated rings. The number of aromatic nitrogens is 2. The first-order valence-electron chi connectivity index (χ1n) is 10.9. The predicted molar refractivity (Wildman–Crippen MR) is 124 cm³/mol. The van der Waals surface area contributed by atoms with Gasteiger partial charge in [-0.2, -0.15) is 4.98 Å². The van der Waals surface area contributed by atoms with E-state index in [1.165, 1.54) is 0 Å². The molecule has 1 saturated heterocycles. The van der Waals surface area contributed by atoms with Gasteiger partial charge in [-0.3, -0.25) is 9.80 Å². The highest BCUT2D eigenvalue weighted by Gasteiger charge is 2.32. The Morgan fingerprint density at radius 1 is 1.09 bits per heavy atom. The number of esters is 1. The van der Waals surface area contributed by atoms with Gasteiger partial charge in [-0.25, -0.2) is 4.79 Å². The fraction of sp³-hybridized carbons (Fsp3) is 0.375. The lowest BCUT2D eigenvalue weighted by atomic mass is 10.0. The van der Waals surface area contributed by atoms with E-state index >= 15 is 0 Å². The summed E-state index contributed by atoms with van der Waals surface area (Å²) in [5, 5.41) is 4.77. The summed E-state index contributed by atoms with van der Waals surface area (Å²) in [6, 6.07) is 14.4. The molecule has 8 nitrogen and oxygen atoms in total. The van der Waals surface area contributed by atoms with Crippen molar-refractivity contribution < 1.29 is 18.8 Å². The summed E-state index contributed by atoms with van der Waals surface area (Å²) in [7, 11) is 1.63. The average molecular weight is 471 g/mol. The van der Waals surface area contributed by atoms with Crippen LogP contribution in [0.3, 0.4) is 0 Å². The number of benzene rings is 2. The van der Waals surface area contributed by atoms with Crippen molar-refractivity contribution in [2.75, 3.05) is 39.9 Å². The maximum Gasteiger partial charge on any atom is 0.328 e. The van der Waals surface area contributed by atoms with Crippen LogP contribution in [0, 0.1) is 0 Å². The standard InChI is InChI=1S/C24H27ClN4O4/c1-3-32-24(30)22(17-4-8-19(25)9-5-17)29-14-12-28(13-15-29)16-21-26-23(33-27-21)18-6-10-20(31-2)11-7-18/h4-11,22H,3,12-16H2,1-2H3/t22-/m0/s1. The minimum atomic E-state index is -0.448. The number of halogens is 1. The summed E-state index contributed by atoms with van der Waals surface area (Å²) in [4.78, 5) is 21.7. The predicted octanol–water partition coefficient (Wildman–Crippen LogP) is 3.82. The van der Waals surface area contributed by atoms with Gasteiger partial charge in [-0.05, 0) is 48.9 Å². The molecule has 174 valence electrons. The number of carbonyl (C=O) groups excluding carboxylic acids is 1. The molecule has 3 aromatic rings. The molecule has 33 heavy (non-hydrogen) atoms. The molecule has 0 amide bonds. The van der Waals surface area contributed by atoms with Crippen LogP contribution in [0.5, 0.6) is 5.75 Å². The SMILES string of the molecule is CCOC(=O)[C@H](c1ccc(Cl)cc1)N1CCN(Cc2noc(-c3ccc(OC)cc3)n2)CC1. The largest absolute Gasteiger partial charge is 0.497 e. The average Bonchev–Trinajstić information content (AvgIpc) is 3.30. The third-order valence-electron chi connectivity index (χ3n) is 5.64. The summed E-state index contributed by atoms with van der Waals surface area (Å²) in [6.45, 7) is 5.73. The number of nitrogens with zero attached hydrogens (tertiary/aromatic N) is 4. The molecule has 2 aromatic carbocycles. The summed E-state index contributed by atoms with van der Waals surface area (Å²) < 4.78 is 16.0. The van der Waals surface area contributed by atoms with Gasteiger partial charge < -0.3 is 14.0 Å². The Hall–Kier alpha value is -2.94. The molecule has 0 bridgehead atoms. The molecule has 1 atom stereocenters. The molecule has 1 aliphatic rings. The minimum Gasteiger partial charge on any atom is -0.497 e. The van der Waals surface area contributed by atoms with Gasteiger partial charge in [0.1, 0.15) is 11.8 Å². The fourth-order valence-corrected chi connectivity index (χ4v) is 4.04. The first-order valence-corrected chi connectivity index (χ1v) is 11.3.